The zero-order chi connectivity index (χ0) is 13.5. The summed E-state index contributed by atoms with van der Waals surface area (Å²) in [4.78, 5) is 4.39. The minimum atomic E-state index is 0.517. The van der Waals surface area contributed by atoms with Crippen molar-refractivity contribution in [3.63, 3.8) is 0 Å². The van der Waals surface area contributed by atoms with Gasteiger partial charge in [-0.2, -0.15) is 0 Å². The van der Waals surface area contributed by atoms with Gasteiger partial charge in [-0.1, -0.05) is 6.07 Å². The van der Waals surface area contributed by atoms with Crippen LogP contribution in [0.25, 0.3) is 16.7 Å². The average molecular weight is 283 g/mol. The summed E-state index contributed by atoms with van der Waals surface area (Å²) in [7, 11) is 0. The maximum Gasteiger partial charge on any atom is 0.264 e. The predicted molar refractivity (Wildman–Crippen MR) is 75.5 cm³/mol. The fraction of sp³-hybridized carbons (Fsp3) is 0. The summed E-state index contributed by atoms with van der Waals surface area (Å²) in [5.74, 6) is 0. The Morgan fingerprint density at radius 3 is 3.05 bits per heavy atom. The van der Waals surface area contributed by atoms with Gasteiger partial charge in [-0.15, -0.1) is 10.2 Å². The lowest BCUT2D eigenvalue weighted by molar-refractivity contribution is 0.488. The van der Waals surface area contributed by atoms with E-state index in [2.05, 4.69) is 15.2 Å². The second kappa shape index (κ2) is 4.24. The summed E-state index contributed by atoms with van der Waals surface area (Å²) in [5, 5.41) is 9.44. The van der Waals surface area contributed by atoms with Crippen molar-refractivity contribution < 1.29 is 4.42 Å². The normalized spacial score (nSPS) is 11.4. The molecule has 4 rings (SSSR count). The Morgan fingerprint density at radius 1 is 1.15 bits per heavy atom. The molecular formula is C13H9N5OS. The van der Waals surface area contributed by atoms with E-state index in [1.54, 1.807) is 12.1 Å². The van der Waals surface area contributed by atoms with E-state index in [0.717, 1.165) is 11.2 Å². The highest BCUT2D eigenvalue weighted by Gasteiger charge is 2.12. The van der Waals surface area contributed by atoms with Crippen LogP contribution in [0, 0.1) is 0 Å². The average Bonchev–Trinajstić information content (AvgIpc) is 3.03. The number of oxazole rings is 1. The summed E-state index contributed by atoms with van der Waals surface area (Å²) in [5.41, 5.74) is 8.62. The molecule has 0 fully saturated rings. The van der Waals surface area contributed by atoms with E-state index < -0.39 is 0 Å². The maximum absolute atomic E-state index is 5.73. The Kier molecular flexibility index (Phi) is 2.40. The second-order valence-corrected chi connectivity index (χ2v) is 5.14. The number of nitrogen functional groups attached to an aromatic ring is 1. The van der Waals surface area contributed by atoms with Crippen LogP contribution in [-0.4, -0.2) is 19.6 Å². The number of aromatic nitrogens is 4. The molecule has 0 saturated carbocycles. The molecule has 1 aromatic carbocycles. The van der Waals surface area contributed by atoms with Crippen molar-refractivity contribution in [2.24, 2.45) is 0 Å². The van der Waals surface area contributed by atoms with Gasteiger partial charge in [-0.25, -0.2) is 4.98 Å². The van der Waals surface area contributed by atoms with Crippen molar-refractivity contribution in [1.82, 2.24) is 19.6 Å². The van der Waals surface area contributed by atoms with Crippen LogP contribution in [0.15, 0.2) is 57.4 Å². The number of hydrogen-bond donors (Lipinski definition) is 1. The van der Waals surface area contributed by atoms with Crippen LogP contribution in [0.1, 0.15) is 0 Å². The number of rotatable bonds is 2. The van der Waals surface area contributed by atoms with E-state index in [4.69, 9.17) is 10.2 Å². The first kappa shape index (κ1) is 11.3. The quantitative estimate of drug-likeness (QED) is 0.569. The number of pyridine rings is 1. The molecule has 0 spiro atoms. The van der Waals surface area contributed by atoms with E-state index in [1.807, 2.05) is 34.9 Å². The molecule has 3 heterocycles. The molecule has 7 heteroatoms. The van der Waals surface area contributed by atoms with Gasteiger partial charge in [0.15, 0.2) is 11.2 Å². The second-order valence-electron chi connectivity index (χ2n) is 4.22. The molecule has 6 nitrogen and oxygen atoms in total. The van der Waals surface area contributed by atoms with E-state index in [0.29, 0.717) is 21.6 Å². The summed E-state index contributed by atoms with van der Waals surface area (Å²) in [6.45, 7) is 0. The number of nitrogens with zero attached hydrogens (tertiary/aromatic N) is 4. The molecule has 0 aliphatic rings. The number of anilines is 1. The fourth-order valence-electron chi connectivity index (χ4n) is 1.93. The molecule has 0 bridgehead atoms. The van der Waals surface area contributed by atoms with E-state index >= 15 is 0 Å². The molecule has 0 saturated heterocycles. The molecule has 98 valence electrons. The Bertz CT molecular complexity index is 913. The minimum Gasteiger partial charge on any atom is -0.431 e. The van der Waals surface area contributed by atoms with E-state index in [9.17, 15) is 0 Å². The molecule has 4 aromatic rings. The lowest BCUT2D eigenvalue weighted by Gasteiger charge is -1.94. The van der Waals surface area contributed by atoms with E-state index in [-0.39, 0.29) is 0 Å². The molecule has 0 atom stereocenters. The maximum atomic E-state index is 5.73. The summed E-state index contributed by atoms with van der Waals surface area (Å²) in [6.07, 6.45) is 1.90. The third-order valence-corrected chi connectivity index (χ3v) is 3.66. The van der Waals surface area contributed by atoms with Crippen LogP contribution in [0.4, 0.5) is 5.69 Å². The van der Waals surface area contributed by atoms with E-state index in [1.165, 1.54) is 11.8 Å². The van der Waals surface area contributed by atoms with Gasteiger partial charge >= 0.3 is 0 Å². The van der Waals surface area contributed by atoms with Gasteiger partial charge in [0.2, 0.25) is 5.16 Å². The summed E-state index contributed by atoms with van der Waals surface area (Å²) < 4.78 is 7.54. The molecule has 2 N–H and O–H groups in total. The molecule has 3 aromatic heterocycles. The zero-order valence-corrected chi connectivity index (χ0v) is 11.0. The van der Waals surface area contributed by atoms with Gasteiger partial charge in [-0.3, -0.25) is 4.40 Å². The number of hydrogen-bond acceptors (Lipinski definition) is 6. The number of benzene rings is 1. The Morgan fingerprint density at radius 2 is 2.10 bits per heavy atom. The Labute approximate surface area is 117 Å². The number of nitrogens with two attached hydrogens (primary N) is 1. The van der Waals surface area contributed by atoms with Crippen LogP contribution in [0.5, 0.6) is 0 Å². The highest BCUT2D eigenvalue weighted by molar-refractivity contribution is 7.99. The summed E-state index contributed by atoms with van der Waals surface area (Å²) in [6, 6.07) is 11.1. The largest absolute Gasteiger partial charge is 0.431 e. The molecular weight excluding hydrogens is 274 g/mol. The first-order valence-corrected chi connectivity index (χ1v) is 6.75. The third-order valence-electron chi connectivity index (χ3n) is 2.85. The lowest BCUT2D eigenvalue weighted by Crippen LogP contribution is -1.85. The molecule has 0 unspecified atom stereocenters. The van der Waals surface area contributed by atoms with Crippen LogP contribution in [0.3, 0.4) is 0 Å². The SMILES string of the molecule is Nc1ccc2oc(Sc3nnc4ccccn34)nc2c1. The number of fused-ring (bicyclic) bond motifs is 2. The third kappa shape index (κ3) is 1.79. The Hall–Kier alpha value is -2.54. The summed E-state index contributed by atoms with van der Waals surface area (Å²) >= 11 is 1.33. The Balaban J connectivity index is 1.76. The van der Waals surface area contributed by atoms with Crippen molar-refractivity contribution >= 4 is 34.2 Å². The van der Waals surface area contributed by atoms with Gasteiger partial charge in [0.25, 0.3) is 5.22 Å². The van der Waals surface area contributed by atoms with Crippen LogP contribution in [-0.2, 0) is 0 Å². The molecule has 0 amide bonds. The van der Waals surface area contributed by atoms with Crippen molar-refractivity contribution in [3.05, 3.63) is 42.6 Å². The smallest absolute Gasteiger partial charge is 0.264 e. The molecule has 20 heavy (non-hydrogen) atoms. The first-order chi connectivity index (χ1) is 9.79. The zero-order valence-electron chi connectivity index (χ0n) is 10.2. The van der Waals surface area contributed by atoms with Gasteiger partial charge in [-0.05, 0) is 30.3 Å². The van der Waals surface area contributed by atoms with Crippen molar-refractivity contribution in [2.45, 2.75) is 10.4 Å². The van der Waals surface area contributed by atoms with Gasteiger partial charge in [0.05, 0.1) is 0 Å². The van der Waals surface area contributed by atoms with Gasteiger partial charge in [0.1, 0.15) is 5.52 Å². The first-order valence-electron chi connectivity index (χ1n) is 5.93. The standard InChI is InChI=1S/C13H9N5OS/c14-8-4-5-10-9(7-8)15-13(19-10)20-12-17-16-11-3-1-2-6-18(11)12/h1-7H,14H2. The fourth-order valence-corrected chi connectivity index (χ4v) is 2.70. The van der Waals surface area contributed by atoms with Crippen molar-refractivity contribution in [3.8, 4) is 0 Å². The van der Waals surface area contributed by atoms with Crippen LogP contribution >= 0.6 is 11.8 Å². The highest BCUT2D eigenvalue weighted by Crippen LogP contribution is 2.29. The highest BCUT2D eigenvalue weighted by atomic mass is 32.2. The van der Waals surface area contributed by atoms with Gasteiger partial charge in [0, 0.05) is 23.6 Å². The van der Waals surface area contributed by atoms with Crippen LogP contribution in [0.2, 0.25) is 0 Å². The molecule has 0 aliphatic heterocycles. The van der Waals surface area contributed by atoms with Crippen molar-refractivity contribution in [1.29, 1.82) is 0 Å². The monoisotopic (exact) mass is 283 g/mol. The van der Waals surface area contributed by atoms with Gasteiger partial charge < -0.3 is 10.2 Å². The topological polar surface area (TPSA) is 82.2 Å². The lowest BCUT2D eigenvalue weighted by atomic mass is 10.3. The molecule has 0 aliphatic carbocycles. The molecule has 0 radical (unpaired) electrons. The van der Waals surface area contributed by atoms with Crippen molar-refractivity contribution in [2.75, 3.05) is 5.73 Å². The van der Waals surface area contributed by atoms with Crippen LogP contribution < -0.4 is 5.73 Å². The predicted octanol–water partition coefficient (Wildman–Crippen LogP) is 2.60. The minimum absolute atomic E-state index is 0.517.